The fourth-order valence-corrected chi connectivity index (χ4v) is 30.5. The molecular weight excluding hydrogens is 1970 g/mol. The van der Waals surface area contributed by atoms with E-state index >= 15 is 0 Å². The van der Waals surface area contributed by atoms with E-state index in [0.717, 1.165) is 174 Å². The van der Waals surface area contributed by atoms with Gasteiger partial charge in [0.1, 0.15) is 11.2 Å². The molecule has 0 saturated carbocycles. The number of ether oxygens (including phenoxy) is 3. The van der Waals surface area contributed by atoms with Gasteiger partial charge in [0.25, 0.3) is 0 Å². The van der Waals surface area contributed by atoms with Crippen molar-refractivity contribution in [2.45, 2.75) is 229 Å². The summed E-state index contributed by atoms with van der Waals surface area (Å²) in [5.74, 6) is -3.66. The topological polar surface area (TPSA) is 169 Å². The summed E-state index contributed by atoms with van der Waals surface area (Å²) >= 11 is 5.05. The summed E-state index contributed by atoms with van der Waals surface area (Å²) in [6.07, 6.45) is -2.94. The van der Waals surface area contributed by atoms with Gasteiger partial charge in [-0.25, -0.2) is 0 Å². The van der Waals surface area contributed by atoms with Crippen molar-refractivity contribution >= 4 is 168 Å². The predicted octanol–water partition coefficient (Wildman–Crippen LogP) is 17.8. The van der Waals surface area contributed by atoms with Crippen molar-refractivity contribution in [3.8, 4) is 0 Å². The Labute approximate surface area is 776 Å². The lowest BCUT2D eigenvalue weighted by molar-refractivity contribution is -0.228. The van der Waals surface area contributed by atoms with Crippen LogP contribution in [-0.4, -0.2) is 261 Å². The van der Waals surface area contributed by atoms with Crippen LogP contribution in [0.2, 0.25) is 0 Å². The minimum atomic E-state index is -4.76. The zero-order chi connectivity index (χ0) is 93.8. The zero-order valence-electron chi connectivity index (χ0n) is 71.6. The average molecular weight is 2100 g/mol. The Balaban J connectivity index is 0.000000177. The van der Waals surface area contributed by atoms with Crippen LogP contribution < -0.4 is 0 Å². The zero-order valence-corrected chi connectivity index (χ0v) is 88.9. The number of nitrogens with zero attached hydrogens (tertiary/aromatic N) is 10. The number of carbonyl (C=O) groups is 4. The van der Waals surface area contributed by atoms with Gasteiger partial charge in [-0.15, -0.1) is 0 Å². The summed E-state index contributed by atoms with van der Waals surface area (Å²) in [6.45, 7) is 14.2. The van der Waals surface area contributed by atoms with E-state index in [1.54, 1.807) is 24.3 Å². The molecule has 0 radical (unpaired) electrons. The van der Waals surface area contributed by atoms with Crippen molar-refractivity contribution in [2.24, 2.45) is 0 Å². The van der Waals surface area contributed by atoms with E-state index in [2.05, 4.69) is 124 Å². The standard InChI is InChI=1S/3C18H26F3N2O2P3.C10H8ClF3O.2C8H19N2OP3/c3*1-16(18(19,20)21,13-7-3-2-4-8-13)15(24)25-17(11-22(26)12-17)14-9-5-6-10-23(14)28-27;1-9(8(11)15,10(12,13)14)7-5-3-2-4-6-7;2*11-8(5-9(12)6-8)7-3-1-2-4-10(7)14-13/h3*2-4,7-8,14,28H,5-6,9-12,26-27H2,1H3;2-6H,1H3;2*7,11,14H,1-6,12-13H2/t14?,16-;14-,16+;14-,16-;9-;2*7-/m101110/s1. The second kappa shape index (κ2) is 47.1. The van der Waals surface area contributed by atoms with Crippen LogP contribution in [0.25, 0.3) is 0 Å². The van der Waals surface area contributed by atoms with E-state index in [1.807, 2.05) is 14.0 Å². The Kier molecular flexibility index (Phi) is 41.2. The first-order valence-corrected chi connectivity index (χ1v) is 58.7. The Morgan fingerprint density at radius 3 is 0.677 bits per heavy atom. The fraction of sp³-hybridized carbons (Fsp3) is 0.650. The highest BCUT2D eigenvalue weighted by Gasteiger charge is 2.67. The van der Waals surface area contributed by atoms with E-state index in [0.29, 0.717) is 76.6 Å². The van der Waals surface area contributed by atoms with Crippen LogP contribution in [-0.2, 0) is 55.0 Å². The smallest absolute Gasteiger partial charge is 0.408 e. The molecular formula is C80H124ClF12N10O9P15. The summed E-state index contributed by atoms with van der Waals surface area (Å²) in [6, 6.07) is 29.4. The fourth-order valence-electron chi connectivity index (χ4n) is 18.4. The molecule has 127 heavy (non-hydrogen) atoms. The van der Waals surface area contributed by atoms with Crippen molar-refractivity contribution in [3.05, 3.63) is 144 Å². The van der Waals surface area contributed by atoms with Crippen molar-refractivity contribution in [1.29, 1.82) is 0 Å². The molecule has 0 aromatic heterocycles. The largest absolute Gasteiger partial charge is 0.454 e. The van der Waals surface area contributed by atoms with E-state index in [1.165, 1.54) is 123 Å². The number of hydrogen-bond donors (Lipinski definition) is 2. The second-order valence-corrected chi connectivity index (χ2v) is 47.0. The lowest BCUT2D eigenvalue weighted by Crippen LogP contribution is -2.71. The minimum absolute atomic E-state index is 0.0638. The monoisotopic (exact) mass is 2100 g/mol. The number of hydrogen-bond acceptors (Lipinski definition) is 19. The summed E-state index contributed by atoms with van der Waals surface area (Å²) in [4.78, 5) is 50.2. The van der Waals surface area contributed by atoms with Crippen LogP contribution in [0.4, 0.5) is 52.7 Å². The summed E-state index contributed by atoms with van der Waals surface area (Å²) in [7, 11) is 29.5. The molecule has 0 aliphatic carbocycles. The number of halogens is 13. The molecule has 19 nitrogen and oxygen atoms in total. The van der Waals surface area contributed by atoms with Crippen molar-refractivity contribution in [1.82, 2.24) is 46.7 Å². The predicted molar refractivity (Wildman–Crippen MR) is 525 cm³/mol. The van der Waals surface area contributed by atoms with Crippen LogP contribution >= 0.6 is 145 Å². The van der Waals surface area contributed by atoms with Crippen LogP contribution in [0, 0.1) is 0 Å². The number of alkyl halides is 12. The molecule has 4 aromatic carbocycles. The highest BCUT2D eigenvalue weighted by atomic mass is 35.5. The maximum atomic E-state index is 14.1. The van der Waals surface area contributed by atoms with Crippen LogP contribution in [0.1, 0.15) is 146 Å². The number of aliphatic hydroxyl groups is 2. The molecule has 2 N–H and O–H groups in total. The normalized spacial score (nSPS) is 26.8. The quantitative estimate of drug-likeness (QED) is 0.0265. The number of benzene rings is 4. The number of piperidine rings is 5. The first-order valence-electron chi connectivity index (χ1n) is 42.0. The van der Waals surface area contributed by atoms with Crippen LogP contribution in [0.3, 0.4) is 0 Å². The Morgan fingerprint density at radius 2 is 0.504 bits per heavy atom. The molecule has 714 valence electrons. The number of rotatable bonds is 21. The molecule has 24 atom stereocenters. The molecule has 0 spiro atoms. The minimum Gasteiger partial charge on any atom is -0.454 e. The van der Waals surface area contributed by atoms with Crippen molar-refractivity contribution < 1.29 is 96.3 Å². The van der Waals surface area contributed by atoms with Gasteiger partial charge in [-0.3, -0.25) is 65.9 Å². The highest BCUT2D eigenvalue weighted by Crippen LogP contribution is 2.54. The lowest BCUT2D eigenvalue weighted by atomic mass is 9.79. The van der Waals surface area contributed by atoms with Crippen LogP contribution in [0.15, 0.2) is 121 Å². The van der Waals surface area contributed by atoms with Gasteiger partial charge in [0.15, 0.2) is 38.5 Å². The van der Waals surface area contributed by atoms with Gasteiger partial charge in [-0.2, -0.15) is 52.7 Å². The number of carbonyl (C=O) groups excluding carboxylic acids is 4. The third-order valence-electron chi connectivity index (χ3n) is 26.3. The summed E-state index contributed by atoms with van der Waals surface area (Å²) in [5, 5.41) is 19.4. The lowest BCUT2D eigenvalue weighted by Gasteiger charge is -2.56. The average Bonchev–Trinajstić information content (AvgIpc) is 0.742. The third-order valence-corrected chi connectivity index (χ3v) is 37.8. The third kappa shape index (κ3) is 25.6. The molecule has 10 saturated heterocycles. The Bertz CT molecular complexity index is 3850. The molecule has 10 heterocycles. The Hall–Kier alpha value is 0.380. The van der Waals surface area contributed by atoms with E-state index in [4.69, 9.17) is 25.8 Å². The molecule has 47 heteroatoms. The van der Waals surface area contributed by atoms with E-state index in [-0.39, 0.29) is 40.4 Å². The van der Waals surface area contributed by atoms with Gasteiger partial charge < -0.3 is 24.4 Å². The molecule has 0 amide bonds. The first-order chi connectivity index (χ1) is 59.5. The summed E-state index contributed by atoms with van der Waals surface area (Å²) in [5.41, 5.74) is -14.8. The molecule has 10 aliphatic rings. The van der Waals surface area contributed by atoms with Crippen molar-refractivity contribution in [3.63, 3.8) is 0 Å². The molecule has 10 aliphatic heterocycles. The number of β-amino-alcohol motifs (C(OH)–C–C–N with tert-alkyl or cyclic N) is 2. The van der Waals surface area contributed by atoms with Crippen molar-refractivity contribution in [2.75, 3.05) is 98.2 Å². The molecule has 10 fully saturated rings. The Morgan fingerprint density at radius 1 is 0.323 bits per heavy atom. The van der Waals surface area contributed by atoms with E-state index < -0.39 is 97.5 Å². The van der Waals surface area contributed by atoms with Gasteiger partial charge in [0.2, 0.25) is 5.24 Å². The SMILES string of the molecule is C[C@](C(=O)Cl)(c1ccccc1)C(F)(F)F.C[C@](C(=O)OC1(C2CCCCN2PP)CN(P)C1)(c1ccccc1)C(F)(F)F.C[C@](C(=O)OC1([C@@H]2CCCCN2PP)CN(P)C1)(c1ccccc1)C(F)(F)F.C[C@](C(=O)OC1([C@H]2CCCCN2PP)CN(P)C1)(c1ccccc1)C(F)(F)F.OC1([C@@H]2CCCCN2PP)CN(P)C1.OC1([C@H]2CCCCN2PP)CN(P)C1. The van der Waals surface area contributed by atoms with E-state index in [9.17, 15) is 82.1 Å². The number of esters is 3. The maximum absolute atomic E-state index is 14.1. The summed E-state index contributed by atoms with van der Waals surface area (Å²) < 4.78 is 204. The van der Waals surface area contributed by atoms with Gasteiger partial charge in [-0.05, 0) is 168 Å². The van der Waals surface area contributed by atoms with Crippen LogP contribution in [0.5, 0.6) is 0 Å². The molecule has 4 aromatic rings. The van der Waals surface area contributed by atoms with Gasteiger partial charge >= 0.3 is 42.6 Å². The van der Waals surface area contributed by atoms with Gasteiger partial charge in [-0.1, -0.05) is 245 Å². The van der Waals surface area contributed by atoms with Gasteiger partial charge in [0.05, 0.1) is 18.1 Å². The first kappa shape index (κ1) is 111. The highest BCUT2D eigenvalue weighted by molar-refractivity contribution is 8.02. The second-order valence-electron chi connectivity index (χ2n) is 35.0. The molecule has 0 bridgehead atoms. The maximum Gasteiger partial charge on any atom is 0.408 e. The van der Waals surface area contributed by atoms with Gasteiger partial charge in [0, 0.05) is 110 Å². The molecule has 14 rings (SSSR count). The molecule has 16 unspecified atom stereocenters.